The maximum atomic E-state index is 12.2. The third-order valence-corrected chi connectivity index (χ3v) is 3.61. The van der Waals surface area contributed by atoms with E-state index in [1.54, 1.807) is 0 Å². The predicted molar refractivity (Wildman–Crippen MR) is 74.9 cm³/mol. The molecule has 0 saturated carbocycles. The summed E-state index contributed by atoms with van der Waals surface area (Å²) in [5.41, 5.74) is 2.96. The van der Waals surface area contributed by atoms with E-state index >= 15 is 0 Å². The lowest BCUT2D eigenvalue weighted by molar-refractivity contribution is -0.118. The van der Waals surface area contributed by atoms with Gasteiger partial charge in [0.2, 0.25) is 5.91 Å². The fraction of sp³-hybridized carbons (Fsp3) is 0.400. The van der Waals surface area contributed by atoms with Crippen LogP contribution in [-0.2, 0) is 9.53 Å². The molecular formula is C15H18N2O2. The quantitative estimate of drug-likeness (QED) is 0.850. The molecule has 0 bridgehead atoms. The van der Waals surface area contributed by atoms with Crippen LogP contribution in [0.3, 0.4) is 0 Å². The van der Waals surface area contributed by atoms with Crippen molar-refractivity contribution in [1.82, 2.24) is 5.32 Å². The van der Waals surface area contributed by atoms with Gasteiger partial charge < -0.3 is 15.4 Å². The van der Waals surface area contributed by atoms with Crippen LogP contribution in [0.15, 0.2) is 29.8 Å². The molecule has 100 valence electrons. The number of anilines is 1. The van der Waals surface area contributed by atoms with E-state index in [0.717, 1.165) is 42.9 Å². The second-order valence-corrected chi connectivity index (χ2v) is 4.97. The Bertz CT molecular complexity index is 505. The van der Waals surface area contributed by atoms with E-state index < -0.39 is 0 Å². The summed E-state index contributed by atoms with van der Waals surface area (Å²) >= 11 is 0. The van der Waals surface area contributed by atoms with Gasteiger partial charge in [0, 0.05) is 37.1 Å². The number of rotatable bonds is 2. The Labute approximate surface area is 112 Å². The number of amides is 1. The largest absolute Gasteiger partial charge is 0.381 e. The molecule has 1 aromatic carbocycles. The molecule has 1 saturated heterocycles. The number of benzene rings is 1. The average molecular weight is 258 g/mol. The van der Waals surface area contributed by atoms with Gasteiger partial charge in [-0.1, -0.05) is 18.2 Å². The number of fused-ring (bicyclic) bond motifs is 1. The zero-order valence-electron chi connectivity index (χ0n) is 10.8. The number of hydrogen-bond donors (Lipinski definition) is 2. The minimum Gasteiger partial charge on any atom is -0.381 e. The van der Waals surface area contributed by atoms with Crippen LogP contribution in [0.4, 0.5) is 5.69 Å². The lowest BCUT2D eigenvalue weighted by Gasteiger charge is -2.25. The van der Waals surface area contributed by atoms with Crippen LogP contribution in [0, 0.1) is 0 Å². The summed E-state index contributed by atoms with van der Waals surface area (Å²) in [6, 6.07) is 8.27. The Morgan fingerprint density at radius 3 is 2.89 bits per heavy atom. The summed E-state index contributed by atoms with van der Waals surface area (Å²) in [6.45, 7) is 2.07. The molecule has 1 fully saturated rings. The number of nitrogens with one attached hydrogen (secondary N) is 2. The molecule has 2 N–H and O–H groups in total. The SMILES string of the molecule is O=C(NC1CCOCC1)C1=Cc2ccccc2NC1. The van der Waals surface area contributed by atoms with Crippen molar-refractivity contribution >= 4 is 17.7 Å². The van der Waals surface area contributed by atoms with Crippen LogP contribution in [-0.4, -0.2) is 31.7 Å². The van der Waals surface area contributed by atoms with Crippen LogP contribution in [0.2, 0.25) is 0 Å². The van der Waals surface area contributed by atoms with Crippen LogP contribution in [0.25, 0.3) is 6.08 Å². The molecule has 0 aromatic heterocycles. The van der Waals surface area contributed by atoms with Gasteiger partial charge in [-0.2, -0.15) is 0 Å². The van der Waals surface area contributed by atoms with E-state index in [-0.39, 0.29) is 11.9 Å². The van der Waals surface area contributed by atoms with Crippen molar-refractivity contribution < 1.29 is 9.53 Å². The van der Waals surface area contributed by atoms with Crippen molar-refractivity contribution in [2.45, 2.75) is 18.9 Å². The first-order valence-corrected chi connectivity index (χ1v) is 6.75. The molecule has 3 rings (SSSR count). The molecule has 2 aliphatic heterocycles. The van der Waals surface area contributed by atoms with Crippen molar-refractivity contribution in [3.8, 4) is 0 Å². The molecule has 19 heavy (non-hydrogen) atoms. The van der Waals surface area contributed by atoms with Gasteiger partial charge >= 0.3 is 0 Å². The summed E-state index contributed by atoms with van der Waals surface area (Å²) in [5, 5.41) is 6.37. The topological polar surface area (TPSA) is 50.4 Å². The highest BCUT2D eigenvalue weighted by Gasteiger charge is 2.20. The van der Waals surface area contributed by atoms with Crippen molar-refractivity contribution in [1.29, 1.82) is 0 Å². The van der Waals surface area contributed by atoms with E-state index in [1.807, 2.05) is 30.3 Å². The Morgan fingerprint density at radius 1 is 1.26 bits per heavy atom. The van der Waals surface area contributed by atoms with Gasteiger partial charge in [0.15, 0.2) is 0 Å². The zero-order chi connectivity index (χ0) is 13.1. The first-order valence-electron chi connectivity index (χ1n) is 6.75. The Kier molecular flexibility index (Phi) is 3.51. The van der Waals surface area contributed by atoms with E-state index in [0.29, 0.717) is 6.54 Å². The third-order valence-electron chi connectivity index (χ3n) is 3.61. The molecule has 0 spiro atoms. The van der Waals surface area contributed by atoms with Gasteiger partial charge in [-0.25, -0.2) is 0 Å². The molecule has 0 radical (unpaired) electrons. The van der Waals surface area contributed by atoms with Crippen LogP contribution >= 0.6 is 0 Å². The highest BCUT2D eigenvalue weighted by molar-refractivity contribution is 6.00. The molecule has 0 aliphatic carbocycles. The van der Waals surface area contributed by atoms with Crippen molar-refractivity contribution in [2.24, 2.45) is 0 Å². The maximum absolute atomic E-state index is 12.2. The Balaban J connectivity index is 1.69. The molecular weight excluding hydrogens is 240 g/mol. The average Bonchev–Trinajstić information content (AvgIpc) is 2.48. The van der Waals surface area contributed by atoms with Gasteiger partial charge in [0.25, 0.3) is 0 Å². The fourth-order valence-electron chi connectivity index (χ4n) is 2.48. The van der Waals surface area contributed by atoms with E-state index in [4.69, 9.17) is 4.74 Å². The standard InChI is InChI=1S/C15H18N2O2/c18-15(17-13-5-7-19-8-6-13)12-9-11-3-1-2-4-14(11)16-10-12/h1-4,9,13,16H,5-8,10H2,(H,17,18). The van der Waals surface area contributed by atoms with Crippen molar-refractivity contribution in [2.75, 3.05) is 25.1 Å². The summed E-state index contributed by atoms with van der Waals surface area (Å²) in [5.74, 6) is 0.0360. The monoisotopic (exact) mass is 258 g/mol. The van der Waals surface area contributed by atoms with E-state index in [1.165, 1.54) is 0 Å². The minimum absolute atomic E-state index is 0.0360. The molecule has 4 nitrogen and oxygen atoms in total. The molecule has 2 heterocycles. The van der Waals surface area contributed by atoms with E-state index in [9.17, 15) is 4.79 Å². The summed E-state index contributed by atoms with van der Waals surface area (Å²) < 4.78 is 5.29. The minimum atomic E-state index is 0.0360. The Hall–Kier alpha value is -1.81. The van der Waals surface area contributed by atoms with Gasteiger partial charge in [0.05, 0.1) is 0 Å². The highest BCUT2D eigenvalue weighted by atomic mass is 16.5. The van der Waals surface area contributed by atoms with Crippen LogP contribution in [0.5, 0.6) is 0 Å². The zero-order valence-corrected chi connectivity index (χ0v) is 10.8. The molecule has 1 amide bonds. The second-order valence-electron chi connectivity index (χ2n) is 4.97. The lowest BCUT2D eigenvalue weighted by atomic mass is 10.0. The number of carbonyl (C=O) groups is 1. The lowest BCUT2D eigenvalue weighted by Crippen LogP contribution is -2.40. The number of para-hydroxylation sites is 1. The van der Waals surface area contributed by atoms with Gasteiger partial charge in [-0.3, -0.25) is 4.79 Å². The molecule has 0 unspecified atom stereocenters. The van der Waals surface area contributed by atoms with E-state index in [2.05, 4.69) is 10.6 Å². The second kappa shape index (κ2) is 5.45. The summed E-state index contributed by atoms with van der Waals surface area (Å²) in [4.78, 5) is 12.2. The van der Waals surface area contributed by atoms with Crippen LogP contribution < -0.4 is 10.6 Å². The molecule has 4 heteroatoms. The highest BCUT2D eigenvalue weighted by Crippen LogP contribution is 2.23. The summed E-state index contributed by atoms with van der Waals surface area (Å²) in [6.07, 6.45) is 3.78. The molecule has 2 aliphatic rings. The number of hydrogen-bond acceptors (Lipinski definition) is 3. The summed E-state index contributed by atoms with van der Waals surface area (Å²) in [7, 11) is 0. The van der Waals surface area contributed by atoms with Crippen LogP contribution in [0.1, 0.15) is 18.4 Å². The van der Waals surface area contributed by atoms with Gasteiger partial charge in [-0.15, -0.1) is 0 Å². The van der Waals surface area contributed by atoms with Crippen molar-refractivity contribution in [3.63, 3.8) is 0 Å². The third kappa shape index (κ3) is 2.79. The predicted octanol–water partition coefficient (Wildman–Crippen LogP) is 1.79. The first kappa shape index (κ1) is 12.2. The fourth-order valence-corrected chi connectivity index (χ4v) is 2.48. The first-order chi connectivity index (χ1) is 9.33. The number of carbonyl (C=O) groups excluding carboxylic acids is 1. The Morgan fingerprint density at radius 2 is 2.05 bits per heavy atom. The molecule has 0 atom stereocenters. The number of ether oxygens (including phenoxy) is 1. The smallest absolute Gasteiger partial charge is 0.249 e. The van der Waals surface area contributed by atoms with Gasteiger partial charge in [0.1, 0.15) is 0 Å². The van der Waals surface area contributed by atoms with Crippen molar-refractivity contribution in [3.05, 3.63) is 35.4 Å². The maximum Gasteiger partial charge on any atom is 0.249 e. The normalized spacial score (nSPS) is 19.1. The molecule has 1 aromatic rings. The van der Waals surface area contributed by atoms with Gasteiger partial charge in [-0.05, 0) is 30.5 Å².